The number of alkyl halides is 6. The van der Waals surface area contributed by atoms with Gasteiger partial charge in [0.25, 0.3) is 0 Å². The van der Waals surface area contributed by atoms with Crippen molar-refractivity contribution in [1.29, 1.82) is 0 Å². The fourth-order valence-corrected chi connectivity index (χ4v) is 3.74. The van der Waals surface area contributed by atoms with Crippen LogP contribution in [0.5, 0.6) is 0 Å². The molecule has 140 valence electrons. The number of benzene rings is 1. The second-order valence-electron chi connectivity index (χ2n) is 6.89. The summed E-state index contributed by atoms with van der Waals surface area (Å²) in [5.41, 5.74) is -2.71. The number of hydrogen-bond donors (Lipinski definition) is 0. The number of piperidine rings is 3. The molecule has 0 aromatic heterocycles. The number of rotatable bonds is 3. The quantitative estimate of drug-likeness (QED) is 0.717. The first-order valence-corrected chi connectivity index (χ1v) is 8.18. The lowest BCUT2D eigenvalue weighted by atomic mass is 9.82. The molecule has 3 heterocycles. The van der Waals surface area contributed by atoms with Gasteiger partial charge < -0.3 is 4.74 Å². The third-order valence-corrected chi connectivity index (χ3v) is 5.11. The van der Waals surface area contributed by atoms with Crippen molar-refractivity contribution >= 4 is 0 Å². The molecule has 0 N–H and O–H groups in total. The van der Waals surface area contributed by atoms with E-state index in [-0.39, 0.29) is 24.3 Å². The molecule has 3 fully saturated rings. The molecule has 1 aromatic carbocycles. The molecule has 2 bridgehead atoms. The molecule has 4 unspecified atom stereocenters. The number of ether oxygens (including phenoxy) is 1. The van der Waals surface area contributed by atoms with Crippen molar-refractivity contribution in [1.82, 2.24) is 4.90 Å². The summed E-state index contributed by atoms with van der Waals surface area (Å²) in [6.45, 7) is 3.51. The molecule has 2 nitrogen and oxygen atoms in total. The van der Waals surface area contributed by atoms with Crippen molar-refractivity contribution < 1.29 is 31.1 Å². The predicted octanol–water partition coefficient (Wildman–Crippen LogP) is 4.72. The van der Waals surface area contributed by atoms with Gasteiger partial charge in [0, 0.05) is 12.6 Å². The molecule has 1 aromatic rings. The van der Waals surface area contributed by atoms with Gasteiger partial charge in [-0.15, -0.1) is 0 Å². The van der Waals surface area contributed by atoms with E-state index >= 15 is 0 Å². The van der Waals surface area contributed by atoms with Crippen LogP contribution in [0.15, 0.2) is 18.2 Å². The highest BCUT2D eigenvalue weighted by Crippen LogP contribution is 2.37. The molecule has 3 aliphatic heterocycles. The standard InChI is InChI=1S/C17H19F6NO/c1-10-4-12-2-3-24(10)8-15(12)25-9-11-5-13(16(18,19)20)7-14(6-11)17(21,22)23/h5-7,10,12,15H,2-4,8-9H2,1H3. The summed E-state index contributed by atoms with van der Waals surface area (Å²) in [6.07, 6.45) is -7.91. The lowest BCUT2D eigenvalue weighted by Gasteiger charge is -2.48. The van der Waals surface area contributed by atoms with Gasteiger partial charge in [-0.2, -0.15) is 26.3 Å². The maximum absolute atomic E-state index is 12.9. The second-order valence-corrected chi connectivity index (χ2v) is 6.89. The lowest BCUT2D eigenvalue weighted by molar-refractivity contribution is -0.143. The Morgan fingerprint density at radius 1 is 1.04 bits per heavy atom. The van der Waals surface area contributed by atoms with Gasteiger partial charge in [0.05, 0.1) is 23.8 Å². The molecule has 0 spiro atoms. The van der Waals surface area contributed by atoms with E-state index in [1.807, 2.05) is 0 Å². The van der Waals surface area contributed by atoms with E-state index in [1.165, 1.54) is 0 Å². The molecule has 25 heavy (non-hydrogen) atoms. The fourth-order valence-electron chi connectivity index (χ4n) is 3.74. The van der Waals surface area contributed by atoms with Gasteiger partial charge in [0.1, 0.15) is 0 Å². The minimum atomic E-state index is -4.83. The summed E-state index contributed by atoms with van der Waals surface area (Å²) in [7, 11) is 0. The van der Waals surface area contributed by atoms with Gasteiger partial charge in [-0.1, -0.05) is 0 Å². The van der Waals surface area contributed by atoms with Gasteiger partial charge in [-0.25, -0.2) is 0 Å². The average Bonchev–Trinajstić information content (AvgIpc) is 2.52. The molecule has 8 heteroatoms. The van der Waals surface area contributed by atoms with Crippen LogP contribution in [0.2, 0.25) is 0 Å². The van der Waals surface area contributed by atoms with Gasteiger partial charge >= 0.3 is 12.4 Å². The van der Waals surface area contributed by atoms with Crippen molar-refractivity contribution in [2.75, 3.05) is 13.1 Å². The summed E-state index contributed by atoms with van der Waals surface area (Å²) in [5.74, 6) is 0.313. The van der Waals surface area contributed by atoms with Crippen molar-refractivity contribution in [2.45, 2.75) is 50.9 Å². The van der Waals surface area contributed by atoms with E-state index in [9.17, 15) is 26.3 Å². The zero-order valence-electron chi connectivity index (χ0n) is 13.6. The molecule has 3 saturated heterocycles. The maximum Gasteiger partial charge on any atom is 0.416 e. The monoisotopic (exact) mass is 367 g/mol. The highest BCUT2D eigenvalue weighted by molar-refractivity contribution is 5.33. The minimum absolute atomic E-state index is 0.105. The van der Waals surface area contributed by atoms with E-state index in [2.05, 4.69) is 11.8 Å². The number of fused-ring (bicyclic) bond motifs is 3. The Labute approximate surface area is 141 Å². The molecule has 0 radical (unpaired) electrons. The third kappa shape index (κ3) is 4.11. The van der Waals surface area contributed by atoms with Crippen LogP contribution in [0.1, 0.15) is 36.5 Å². The fraction of sp³-hybridized carbons (Fsp3) is 0.647. The maximum atomic E-state index is 12.9. The van der Waals surface area contributed by atoms with Crippen LogP contribution in [0.3, 0.4) is 0 Å². The van der Waals surface area contributed by atoms with Crippen LogP contribution in [-0.4, -0.2) is 30.1 Å². The SMILES string of the molecule is CC1CC2CCN1CC2OCc1cc(C(F)(F)F)cc(C(F)(F)F)c1. The molecule has 0 amide bonds. The van der Waals surface area contributed by atoms with Gasteiger partial charge in [-0.05, 0) is 56.0 Å². The molecule has 0 saturated carbocycles. The summed E-state index contributed by atoms with van der Waals surface area (Å²) < 4.78 is 83.0. The average molecular weight is 367 g/mol. The smallest absolute Gasteiger partial charge is 0.372 e. The summed E-state index contributed by atoms with van der Waals surface area (Å²) in [6, 6.07) is 2.06. The van der Waals surface area contributed by atoms with E-state index in [1.54, 1.807) is 0 Å². The van der Waals surface area contributed by atoms with Crippen LogP contribution in [0.25, 0.3) is 0 Å². The van der Waals surface area contributed by atoms with Crippen LogP contribution in [-0.2, 0) is 23.7 Å². The molecule has 0 aliphatic carbocycles. The molecule has 4 rings (SSSR count). The highest BCUT2D eigenvalue weighted by atomic mass is 19.4. The Hall–Kier alpha value is -1.28. The van der Waals surface area contributed by atoms with E-state index in [0.717, 1.165) is 31.5 Å². The van der Waals surface area contributed by atoms with Crippen molar-refractivity contribution in [3.63, 3.8) is 0 Å². The van der Waals surface area contributed by atoms with Crippen molar-refractivity contribution in [3.05, 3.63) is 34.9 Å². The number of halogens is 6. The third-order valence-electron chi connectivity index (χ3n) is 5.11. The largest absolute Gasteiger partial charge is 0.416 e. The molecule has 3 aliphatic rings. The Balaban J connectivity index is 1.76. The van der Waals surface area contributed by atoms with Crippen LogP contribution < -0.4 is 0 Å². The zero-order valence-corrected chi connectivity index (χ0v) is 13.6. The predicted molar refractivity (Wildman–Crippen MR) is 78.8 cm³/mol. The number of nitrogens with zero attached hydrogens (tertiary/aromatic N) is 1. The Morgan fingerprint density at radius 2 is 1.64 bits per heavy atom. The van der Waals surface area contributed by atoms with Crippen molar-refractivity contribution in [2.24, 2.45) is 5.92 Å². The topological polar surface area (TPSA) is 12.5 Å². The summed E-state index contributed by atoms with van der Waals surface area (Å²) >= 11 is 0. The first kappa shape index (κ1) is 18.5. The van der Waals surface area contributed by atoms with E-state index in [0.29, 0.717) is 18.5 Å². The van der Waals surface area contributed by atoms with E-state index < -0.39 is 23.5 Å². The van der Waals surface area contributed by atoms with Crippen LogP contribution in [0.4, 0.5) is 26.3 Å². The van der Waals surface area contributed by atoms with Gasteiger partial charge in [0.2, 0.25) is 0 Å². The Kier molecular flexibility index (Phi) is 4.79. The molecular weight excluding hydrogens is 348 g/mol. The first-order valence-electron chi connectivity index (χ1n) is 8.18. The molecule has 4 atom stereocenters. The van der Waals surface area contributed by atoms with E-state index in [4.69, 9.17) is 4.74 Å². The Morgan fingerprint density at radius 3 is 2.08 bits per heavy atom. The second kappa shape index (κ2) is 6.46. The number of hydrogen-bond acceptors (Lipinski definition) is 2. The minimum Gasteiger partial charge on any atom is -0.372 e. The lowest BCUT2D eigenvalue weighted by Crippen LogP contribution is -2.55. The first-order chi connectivity index (χ1) is 11.5. The van der Waals surface area contributed by atoms with Gasteiger partial charge in [-0.3, -0.25) is 4.90 Å². The highest BCUT2D eigenvalue weighted by Gasteiger charge is 2.39. The summed E-state index contributed by atoms with van der Waals surface area (Å²) in [4.78, 5) is 2.25. The Bertz CT molecular complexity index is 594. The van der Waals surface area contributed by atoms with Crippen LogP contribution >= 0.6 is 0 Å². The molecular formula is C17H19F6NO. The normalized spacial score (nSPS) is 29.9. The van der Waals surface area contributed by atoms with Crippen molar-refractivity contribution in [3.8, 4) is 0 Å². The van der Waals surface area contributed by atoms with Gasteiger partial charge in [0.15, 0.2) is 0 Å². The summed E-state index contributed by atoms with van der Waals surface area (Å²) in [5, 5.41) is 0. The van der Waals surface area contributed by atoms with Crippen LogP contribution in [0, 0.1) is 5.92 Å². The zero-order chi connectivity index (χ0) is 18.4.